The van der Waals surface area contributed by atoms with E-state index in [1.54, 1.807) is 25.1 Å². The second-order valence-corrected chi connectivity index (χ2v) is 6.02. The molecule has 1 aliphatic heterocycles. The number of aryl methyl sites for hydroxylation is 1. The average molecular weight is 303 g/mol. The zero-order valence-corrected chi connectivity index (χ0v) is 12.1. The number of nitrogen functional groups attached to an aromatic ring is 1. The molecule has 0 unspecified atom stereocenters. The summed E-state index contributed by atoms with van der Waals surface area (Å²) in [5.74, 6) is 0.277. The first kappa shape index (κ1) is 13.7. The van der Waals surface area contributed by atoms with Gasteiger partial charge in [0.1, 0.15) is 5.76 Å². The van der Waals surface area contributed by atoms with Crippen LogP contribution in [0.4, 0.5) is 11.5 Å². The number of anilines is 2. The van der Waals surface area contributed by atoms with Crippen LogP contribution in [0, 0.1) is 6.92 Å². The molecule has 1 saturated heterocycles. The van der Waals surface area contributed by atoms with Crippen molar-refractivity contribution < 1.29 is 14.1 Å². The quantitative estimate of drug-likeness (QED) is 0.689. The summed E-state index contributed by atoms with van der Waals surface area (Å²) in [6.45, 7) is 1.71. The Balaban J connectivity index is 1.78. The van der Waals surface area contributed by atoms with Gasteiger partial charge >= 0.3 is 0 Å². The summed E-state index contributed by atoms with van der Waals surface area (Å²) in [6.07, 6.45) is 0.153. The molecule has 1 aromatic heterocycles. The largest absolute Gasteiger partial charge is 0.399 e. The van der Waals surface area contributed by atoms with Crippen molar-refractivity contribution in [2.24, 2.45) is 0 Å². The number of nitrogens with zero attached hydrogens (tertiary/aromatic N) is 2. The van der Waals surface area contributed by atoms with Crippen LogP contribution in [0.3, 0.4) is 0 Å². The van der Waals surface area contributed by atoms with E-state index in [-0.39, 0.29) is 24.1 Å². The molecule has 1 fully saturated rings. The second-order valence-electron chi connectivity index (χ2n) is 4.74. The third kappa shape index (κ3) is 2.64. The molecule has 21 heavy (non-hydrogen) atoms. The van der Waals surface area contributed by atoms with Gasteiger partial charge in [0.25, 0.3) is 0 Å². The van der Waals surface area contributed by atoms with Crippen LogP contribution in [0.15, 0.2) is 39.8 Å². The first-order chi connectivity index (χ1) is 10.0. The van der Waals surface area contributed by atoms with E-state index in [0.29, 0.717) is 11.4 Å². The molecule has 1 aromatic carbocycles. The smallest absolute Gasteiger partial charge is 0.249 e. The number of imide groups is 1. The summed E-state index contributed by atoms with van der Waals surface area (Å²) in [7, 11) is 0. The standard InChI is InChI=1S/C14H13N3O3S/c1-8-6-12(16-20-8)17-13(18)7-11(14(17)19)21-10-4-2-9(15)3-5-10/h2-6,11H,7,15H2,1H3/t11-/m0/s1. The van der Waals surface area contributed by atoms with E-state index < -0.39 is 5.25 Å². The van der Waals surface area contributed by atoms with Crippen LogP contribution in [0.2, 0.25) is 0 Å². The van der Waals surface area contributed by atoms with E-state index in [4.69, 9.17) is 10.3 Å². The topological polar surface area (TPSA) is 89.4 Å². The highest BCUT2D eigenvalue weighted by Crippen LogP contribution is 2.33. The van der Waals surface area contributed by atoms with Crippen molar-refractivity contribution in [1.82, 2.24) is 5.16 Å². The molecule has 3 rings (SSSR count). The number of nitrogens with two attached hydrogens (primary N) is 1. The van der Waals surface area contributed by atoms with Gasteiger partial charge in [0, 0.05) is 23.1 Å². The lowest BCUT2D eigenvalue weighted by Gasteiger charge is -2.10. The molecule has 108 valence electrons. The summed E-state index contributed by atoms with van der Waals surface area (Å²) < 4.78 is 4.92. The van der Waals surface area contributed by atoms with Crippen molar-refractivity contribution in [1.29, 1.82) is 0 Å². The number of hydrogen-bond acceptors (Lipinski definition) is 6. The molecular formula is C14H13N3O3S. The molecule has 2 heterocycles. The molecule has 2 N–H and O–H groups in total. The van der Waals surface area contributed by atoms with E-state index >= 15 is 0 Å². The van der Waals surface area contributed by atoms with Gasteiger partial charge < -0.3 is 10.3 Å². The Hall–Kier alpha value is -2.28. The first-order valence-electron chi connectivity index (χ1n) is 6.37. The van der Waals surface area contributed by atoms with Gasteiger partial charge in [-0.2, -0.15) is 0 Å². The van der Waals surface area contributed by atoms with E-state index in [0.717, 1.165) is 9.80 Å². The Morgan fingerprint density at radius 1 is 1.33 bits per heavy atom. The molecule has 2 amide bonds. The maximum absolute atomic E-state index is 12.4. The minimum atomic E-state index is -0.446. The van der Waals surface area contributed by atoms with Gasteiger partial charge in [-0.15, -0.1) is 11.8 Å². The molecular weight excluding hydrogens is 290 g/mol. The zero-order valence-electron chi connectivity index (χ0n) is 11.3. The number of hydrogen-bond donors (Lipinski definition) is 1. The molecule has 7 heteroatoms. The third-order valence-corrected chi connectivity index (χ3v) is 4.31. The highest BCUT2D eigenvalue weighted by Gasteiger charge is 2.41. The summed E-state index contributed by atoms with van der Waals surface area (Å²) in [6, 6.07) is 8.78. The lowest BCUT2D eigenvalue weighted by Crippen LogP contribution is -2.31. The van der Waals surface area contributed by atoms with Gasteiger partial charge in [0.15, 0.2) is 5.82 Å². The number of rotatable bonds is 3. The van der Waals surface area contributed by atoms with Crippen molar-refractivity contribution in [3.63, 3.8) is 0 Å². The number of benzene rings is 1. The van der Waals surface area contributed by atoms with Gasteiger partial charge in [-0.3, -0.25) is 9.59 Å². The molecule has 0 spiro atoms. The Morgan fingerprint density at radius 3 is 2.67 bits per heavy atom. The van der Waals surface area contributed by atoms with Crippen LogP contribution >= 0.6 is 11.8 Å². The fraction of sp³-hybridized carbons (Fsp3) is 0.214. The number of thioether (sulfide) groups is 1. The number of carbonyl (C=O) groups excluding carboxylic acids is 2. The van der Waals surface area contributed by atoms with E-state index in [2.05, 4.69) is 5.16 Å². The summed E-state index contributed by atoms with van der Waals surface area (Å²) >= 11 is 1.35. The maximum Gasteiger partial charge on any atom is 0.249 e. The fourth-order valence-electron chi connectivity index (χ4n) is 2.11. The van der Waals surface area contributed by atoms with E-state index in [9.17, 15) is 9.59 Å². The molecule has 6 nitrogen and oxygen atoms in total. The monoisotopic (exact) mass is 303 g/mol. The SMILES string of the molecule is Cc1cc(N2C(=O)C[C@H](Sc3ccc(N)cc3)C2=O)no1. The highest BCUT2D eigenvalue weighted by molar-refractivity contribution is 8.00. The van der Waals surface area contributed by atoms with E-state index in [1.165, 1.54) is 11.8 Å². The van der Waals surface area contributed by atoms with Crippen molar-refractivity contribution >= 4 is 35.1 Å². The lowest BCUT2D eigenvalue weighted by atomic mass is 10.3. The Bertz CT molecular complexity index is 696. The van der Waals surface area contributed by atoms with Crippen molar-refractivity contribution in [2.45, 2.75) is 23.5 Å². The van der Waals surface area contributed by atoms with E-state index in [1.807, 2.05) is 12.1 Å². The van der Waals surface area contributed by atoms with Gasteiger partial charge in [-0.05, 0) is 31.2 Å². The fourth-order valence-corrected chi connectivity index (χ4v) is 3.16. The Morgan fingerprint density at radius 2 is 2.05 bits per heavy atom. The normalized spacial score (nSPS) is 18.5. The van der Waals surface area contributed by atoms with Gasteiger partial charge in [-0.25, -0.2) is 4.90 Å². The average Bonchev–Trinajstić information content (AvgIpc) is 2.97. The minimum Gasteiger partial charge on any atom is -0.399 e. The highest BCUT2D eigenvalue weighted by atomic mass is 32.2. The van der Waals surface area contributed by atoms with Crippen LogP contribution in [-0.2, 0) is 9.59 Å². The van der Waals surface area contributed by atoms with Crippen molar-refractivity contribution in [3.8, 4) is 0 Å². The minimum absolute atomic E-state index is 0.153. The first-order valence-corrected chi connectivity index (χ1v) is 7.25. The summed E-state index contributed by atoms with van der Waals surface area (Å²) in [4.78, 5) is 26.4. The predicted octanol–water partition coefficient (Wildman–Crippen LogP) is 1.99. The predicted molar refractivity (Wildman–Crippen MR) is 78.8 cm³/mol. The van der Waals surface area contributed by atoms with Gasteiger partial charge in [-0.1, -0.05) is 5.16 Å². The molecule has 0 bridgehead atoms. The molecule has 0 aliphatic carbocycles. The van der Waals surface area contributed by atoms with Crippen molar-refractivity contribution in [3.05, 3.63) is 36.1 Å². The van der Waals surface area contributed by atoms with Crippen LogP contribution < -0.4 is 10.6 Å². The van der Waals surface area contributed by atoms with Crippen LogP contribution in [0.5, 0.6) is 0 Å². The Kier molecular flexibility index (Phi) is 3.42. The maximum atomic E-state index is 12.4. The molecule has 0 radical (unpaired) electrons. The van der Waals surface area contributed by atoms with Crippen LogP contribution in [0.1, 0.15) is 12.2 Å². The Labute approximate surface area is 125 Å². The molecule has 1 atom stereocenters. The van der Waals surface area contributed by atoms with Crippen LogP contribution in [0.25, 0.3) is 0 Å². The number of carbonyl (C=O) groups is 2. The van der Waals surface area contributed by atoms with Gasteiger partial charge in [0.05, 0.1) is 5.25 Å². The second kappa shape index (κ2) is 5.25. The third-order valence-electron chi connectivity index (χ3n) is 3.11. The lowest BCUT2D eigenvalue weighted by molar-refractivity contribution is -0.121. The number of amides is 2. The number of aromatic nitrogens is 1. The van der Waals surface area contributed by atoms with Crippen molar-refractivity contribution in [2.75, 3.05) is 10.6 Å². The molecule has 2 aromatic rings. The summed E-state index contributed by atoms with van der Waals surface area (Å²) in [5, 5.41) is 3.29. The molecule has 0 saturated carbocycles. The van der Waals surface area contributed by atoms with Gasteiger partial charge in [0.2, 0.25) is 11.8 Å². The zero-order chi connectivity index (χ0) is 15.0. The molecule has 1 aliphatic rings. The summed E-state index contributed by atoms with van der Waals surface area (Å²) in [5.41, 5.74) is 6.29. The van der Waals surface area contributed by atoms with Crippen LogP contribution in [-0.4, -0.2) is 22.2 Å².